The minimum Gasteiger partial charge on any atom is -0.401 e. The zero-order valence-electron chi connectivity index (χ0n) is 9.37. The van der Waals surface area contributed by atoms with Crippen LogP contribution in [-0.2, 0) is 4.79 Å². The number of rotatable bonds is 3. The average Bonchev–Trinajstić information content (AvgIpc) is 2.86. The molecule has 1 aromatic rings. The Morgan fingerprint density at radius 3 is 2.72 bits per heavy atom. The third-order valence-corrected chi connectivity index (χ3v) is 2.36. The van der Waals surface area contributed by atoms with Crippen LogP contribution < -0.4 is 5.32 Å². The van der Waals surface area contributed by atoms with Gasteiger partial charge < -0.3 is 9.73 Å². The normalized spacial score (nSPS) is 17.4. The Kier molecular flexibility index (Phi) is 2.84. The van der Waals surface area contributed by atoms with Crippen molar-refractivity contribution in [2.24, 2.45) is 0 Å². The highest BCUT2D eigenvalue weighted by atomic mass is 16.6. The largest absolute Gasteiger partial charge is 0.433 e. The third kappa shape index (κ3) is 1.95. The maximum atomic E-state index is 11.7. The number of carbonyl (C=O) groups excluding carboxylic acids is 2. The van der Waals surface area contributed by atoms with E-state index in [-0.39, 0.29) is 18.0 Å². The summed E-state index contributed by atoms with van der Waals surface area (Å²) in [4.78, 5) is 33.8. The Labute approximate surface area is 101 Å². The number of furan rings is 1. The topological polar surface area (TPSA) is 106 Å². The SMILES string of the molecule is CCN1C(=O)N/C(=C/c2ccc([N+](=O)[O-])o2)C1=O. The summed E-state index contributed by atoms with van der Waals surface area (Å²) in [7, 11) is 0. The van der Waals surface area contributed by atoms with Crippen molar-refractivity contribution < 1.29 is 18.9 Å². The summed E-state index contributed by atoms with van der Waals surface area (Å²) < 4.78 is 4.86. The van der Waals surface area contributed by atoms with Crippen LogP contribution in [0.25, 0.3) is 6.08 Å². The van der Waals surface area contributed by atoms with E-state index in [1.165, 1.54) is 18.2 Å². The molecule has 1 saturated heterocycles. The molecule has 8 nitrogen and oxygen atoms in total. The lowest BCUT2D eigenvalue weighted by Crippen LogP contribution is -2.30. The number of urea groups is 1. The lowest BCUT2D eigenvalue weighted by atomic mass is 10.3. The van der Waals surface area contributed by atoms with Crippen LogP contribution in [0.4, 0.5) is 10.7 Å². The smallest absolute Gasteiger partial charge is 0.401 e. The molecule has 1 N–H and O–H groups in total. The maximum absolute atomic E-state index is 11.7. The standard InChI is InChI=1S/C10H9N3O5/c1-2-12-9(14)7(11-10(12)15)5-6-3-4-8(18-6)13(16)17/h3-5H,2H2,1H3,(H,11,15)/b7-5+. The first-order valence-electron chi connectivity index (χ1n) is 5.11. The first-order chi connectivity index (χ1) is 8.52. The van der Waals surface area contributed by atoms with Crippen LogP contribution >= 0.6 is 0 Å². The number of nitrogens with zero attached hydrogens (tertiary/aromatic N) is 2. The average molecular weight is 251 g/mol. The van der Waals surface area contributed by atoms with Gasteiger partial charge in [-0.25, -0.2) is 4.79 Å². The van der Waals surface area contributed by atoms with Crippen LogP contribution in [0.1, 0.15) is 12.7 Å². The van der Waals surface area contributed by atoms with Crippen LogP contribution in [0.15, 0.2) is 22.2 Å². The monoisotopic (exact) mass is 251 g/mol. The second-order valence-corrected chi connectivity index (χ2v) is 3.47. The van der Waals surface area contributed by atoms with Crippen molar-refractivity contribution in [2.75, 3.05) is 6.54 Å². The highest BCUT2D eigenvalue weighted by Gasteiger charge is 2.32. The molecule has 94 valence electrons. The van der Waals surface area contributed by atoms with E-state index >= 15 is 0 Å². The summed E-state index contributed by atoms with van der Waals surface area (Å²) in [5, 5.41) is 12.8. The van der Waals surface area contributed by atoms with Crippen LogP contribution in [-0.4, -0.2) is 28.3 Å². The lowest BCUT2D eigenvalue weighted by molar-refractivity contribution is -0.402. The van der Waals surface area contributed by atoms with Crippen molar-refractivity contribution in [2.45, 2.75) is 6.92 Å². The Morgan fingerprint density at radius 1 is 1.50 bits per heavy atom. The fourth-order valence-electron chi connectivity index (χ4n) is 1.52. The van der Waals surface area contributed by atoms with E-state index in [1.54, 1.807) is 6.92 Å². The van der Waals surface area contributed by atoms with E-state index in [2.05, 4.69) is 5.32 Å². The molecule has 0 spiro atoms. The van der Waals surface area contributed by atoms with Crippen molar-refractivity contribution in [3.63, 3.8) is 0 Å². The lowest BCUT2D eigenvalue weighted by Gasteiger charge is -2.05. The van der Waals surface area contributed by atoms with Crippen LogP contribution in [0.2, 0.25) is 0 Å². The predicted molar refractivity (Wildman–Crippen MR) is 59.3 cm³/mol. The van der Waals surface area contributed by atoms with Gasteiger partial charge in [0.1, 0.15) is 16.4 Å². The summed E-state index contributed by atoms with van der Waals surface area (Å²) in [5.74, 6) is -0.782. The van der Waals surface area contributed by atoms with Crippen molar-refractivity contribution >= 4 is 23.9 Å². The molecule has 0 unspecified atom stereocenters. The van der Waals surface area contributed by atoms with E-state index in [4.69, 9.17) is 4.42 Å². The van der Waals surface area contributed by atoms with Crippen molar-refractivity contribution in [3.8, 4) is 0 Å². The Balaban J connectivity index is 2.26. The van der Waals surface area contributed by atoms with Gasteiger partial charge in [-0.15, -0.1) is 0 Å². The van der Waals surface area contributed by atoms with Gasteiger partial charge in [-0.3, -0.25) is 19.8 Å². The second kappa shape index (κ2) is 4.32. The molecule has 2 rings (SSSR count). The van der Waals surface area contributed by atoms with Gasteiger partial charge in [-0.2, -0.15) is 0 Å². The number of nitrogens with one attached hydrogen (secondary N) is 1. The molecule has 0 bridgehead atoms. The number of carbonyl (C=O) groups is 2. The van der Waals surface area contributed by atoms with E-state index in [0.29, 0.717) is 0 Å². The van der Waals surface area contributed by atoms with Gasteiger partial charge >= 0.3 is 11.9 Å². The fraction of sp³-hybridized carbons (Fsp3) is 0.200. The molecule has 0 saturated carbocycles. The molecular weight excluding hydrogens is 242 g/mol. The quantitative estimate of drug-likeness (QED) is 0.374. The van der Waals surface area contributed by atoms with Gasteiger partial charge in [0.25, 0.3) is 5.91 Å². The molecule has 0 aliphatic carbocycles. The number of hydrogen-bond acceptors (Lipinski definition) is 5. The highest BCUT2D eigenvalue weighted by Crippen LogP contribution is 2.19. The van der Waals surface area contributed by atoms with Crippen LogP contribution in [0, 0.1) is 10.1 Å². The molecular formula is C10H9N3O5. The minimum absolute atomic E-state index is 0.0334. The number of likely N-dealkylation sites (N-methyl/N-ethyl adjacent to an activating group) is 1. The van der Waals surface area contributed by atoms with Crippen molar-refractivity contribution in [1.29, 1.82) is 0 Å². The highest BCUT2D eigenvalue weighted by molar-refractivity contribution is 6.13. The molecule has 1 aliphatic heterocycles. The van der Waals surface area contributed by atoms with E-state index in [1.807, 2.05) is 0 Å². The molecule has 1 aromatic heterocycles. The van der Waals surface area contributed by atoms with Crippen LogP contribution in [0.5, 0.6) is 0 Å². The molecule has 0 atom stereocenters. The molecule has 1 fully saturated rings. The molecule has 0 aromatic carbocycles. The van der Waals surface area contributed by atoms with Gasteiger partial charge in [-0.1, -0.05) is 0 Å². The molecule has 0 radical (unpaired) electrons. The molecule has 3 amide bonds. The van der Waals surface area contributed by atoms with Gasteiger partial charge in [0.2, 0.25) is 0 Å². The summed E-state index contributed by atoms with van der Waals surface area (Å²) in [6, 6.07) is 2.00. The Morgan fingerprint density at radius 2 is 2.22 bits per heavy atom. The first kappa shape index (κ1) is 11.8. The first-order valence-corrected chi connectivity index (χ1v) is 5.11. The van der Waals surface area contributed by atoms with Crippen LogP contribution in [0.3, 0.4) is 0 Å². The number of hydrogen-bond donors (Lipinski definition) is 1. The molecule has 1 aliphatic rings. The van der Waals surface area contributed by atoms with E-state index in [9.17, 15) is 19.7 Å². The molecule has 18 heavy (non-hydrogen) atoms. The fourth-order valence-corrected chi connectivity index (χ4v) is 1.52. The third-order valence-electron chi connectivity index (χ3n) is 2.36. The predicted octanol–water partition coefficient (Wildman–Crippen LogP) is 1.10. The Bertz CT molecular complexity index is 560. The van der Waals surface area contributed by atoms with E-state index in [0.717, 1.165) is 4.90 Å². The van der Waals surface area contributed by atoms with E-state index < -0.39 is 22.7 Å². The van der Waals surface area contributed by atoms with Gasteiger partial charge in [-0.05, 0) is 13.0 Å². The summed E-state index contributed by atoms with van der Waals surface area (Å²) in [6.45, 7) is 1.92. The summed E-state index contributed by atoms with van der Waals surface area (Å²) in [5.41, 5.74) is 0.0334. The van der Waals surface area contributed by atoms with Gasteiger partial charge in [0.15, 0.2) is 0 Å². The number of imide groups is 1. The summed E-state index contributed by atoms with van der Waals surface area (Å²) >= 11 is 0. The maximum Gasteiger partial charge on any atom is 0.433 e. The van der Waals surface area contributed by atoms with Crippen molar-refractivity contribution in [3.05, 3.63) is 33.7 Å². The molecule has 8 heteroatoms. The second-order valence-electron chi connectivity index (χ2n) is 3.47. The number of nitro groups is 1. The molecule has 2 heterocycles. The summed E-state index contributed by atoms with van der Waals surface area (Å²) in [6.07, 6.45) is 1.25. The van der Waals surface area contributed by atoms with Crippen molar-refractivity contribution in [1.82, 2.24) is 10.2 Å². The minimum atomic E-state index is -0.685. The Hall–Kier alpha value is -2.64. The number of amides is 3. The van der Waals surface area contributed by atoms with Gasteiger partial charge in [0, 0.05) is 12.6 Å². The van der Waals surface area contributed by atoms with Gasteiger partial charge in [0.05, 0.1) is 6.07 Å². The zero-order valence-corrected chi connectivity index (χ0v) is 9.37. The zero-order chi connectivity index (χ0) is 13.3.